The van der Waals surface area contributed by atoms with Crippen LogP contribution in [0.3, 0.4) is 0 Å². The fourth-order valence-corrected chi connectivity index (χ4v) is 3.43. The van der Waals surface area contributed by atoms with E-state index in [4.69, 9.17) is 0 Å². The van der Waals surface area contributed by atoms with Crippen molar-refractivity contribution in [1.82, 2.24) is 0 Å². The van der Waals surface area contributed by atoms with Crippen molar-refractivity contribution in [3.8, 4) is 0 Å². The van der Waals surface area contributed by atoms with Gasteiger partial charge < -0.3 is 5.32 Å². The highest BCUT2D eigenvalue weighted by atomic mass is 32.2. The highest BCUT2D eigenvalue weighted by Gasteiger charge is 2.19. The topological polar surface area (TPSA) is 58.2 Å². The first-order chi connectivity index (χ1) is 9.44. The van der Waals surface area contributed by atoms with Gasteiger partial charge in [0, 0.05) is 17.4 Å². The molecule has 112 valence electrons. The zero-order chi connectivity index (χ0) is 14.6. The normalized spacial score (nSPS) is 18.5. The minimum absolute atomic E-state index is 0.462. The Morgan fingerprint density at radius 1 is 1.05 bits per heavy atom. The summed E-state index contributed by atoms with van der Waals surface area (Å²) in [6.07, 6.45) is 7.82. The van der Waals surface area contributed by atoms with Gasteiger partial charge in [-0.3, -0.25) is 4.72 Å². The van der Waals surface area contributed by atoms with E-state index in [-0.39, 0.29) is 0 Å². The lowest BCUT2D eigenvalue weighted by molar-refractivity contribution is 0.328. The predicted octanol–water partition coefficient (Wildman–Crippen LogP) is 3.44. The van der Waals surface area contributed by atoms with Crippen molar-refractivity contribution in [1.29, 1.82) is 0 Å². The van der Waals surface area contributed by atoms with E-state index in [0.717, 1.165) is 17.9 Å². The van der Waals surface area contributed by atoms with Gasteiger partial charge in [0.15, 0.2) is 0 Å². The highest BCUT2D eigenvalue weighted by Crippen LogP contribution is 2.28. The number of hydrogen-bond acceptors (Lipinski definition) is 3. The van der Waals surface area contributed by atoms with E-state index < -0.39 is 10.0 Å². The van der Waals surface area contributed by atoms with Gasteiger partial charge in [-0.1, -0.05) is 19.3 Å². The first-order valence-electron chi connectivity index (χ1n) is 7.28. The molecule has 0 spiro atoms. The SMILES string of the molecule is CC(Nc1ccc(NS(C)(=O)=O)cc1)C1CCCCC1. The van der Waals surface area contributed by atoms with Crippen LogP contribution in [0.25, 0.3) is 0 Å². The molecule has 1 atom stereocenters. The predicted molar refractivity (Wildman–Crippen MR) is 84.6 cm³/mol. The Bertz CT molecular complexity index is 519. The summed E-state index contributed by atoms with van der Waals surface area (Å²) in [7, 11) is -3.20. The summed E-state index contributed by atoms with van der Waals surface area (Å²) in [5.74, 6) is 0.748. The van der Waals surface area contributed by atoms with Gasteiger partial charge in [0.1, 0.15) is 0 Å². The van der Waals surface area contributed by atoms with Gasteiger partial charge in [-0.15, -0.1) is 0 Å². The lowest BCUT2D eigenvalue weighted by atomic mass is 9.84. The summed E-state index contributed by atoms with van der Waals surface area (Å²) in [5, 5.41) is 3.52. The Morgan fingerprint density at radius 2 is 1.60 bits per heavy atom. The van der Waals surface area contributed by atoms with E-state index in [1.54, 1.807) is 12.1 Å². The Labute approximate surface area is 122 Å². The summed E-state index contributed by atoms with van der Waals surface area (Å²) in [5.41, 5.74) is 1.64. The highest BCUT2D eigenvalue weighted by molar-refractivity contribution is 7.92. The van der Waals surface area contributed by atoms with Crippen LogP contribution >= 0.6 is 0 Å². The summed E-state index contributed by atoms with van der Waals surface area (Å²) in [4.78, 5) is 0. The Kier molecular flexibility index (Phi) is 4.91. The Hall–Kier alpha value is -1.23. The van der Waals surface area contributed by atoms with Gasteiger partial charge in [0.05, 0.1) is 6.26 Å². The molecule has 0 heterocycles. The maximum atomic E-state index is 11.1. The molecule has 0 amide bonds. The fourth-order valence-electron chi connectivity index (χ4n) is 2.86. The first-order valence-corrected chi connectivity index (χ1v) is 9.17. The second-order valence-corrected chi connectivity index (χ2v) is 7.53. The smallest absolute Gasteiger partial charge is 0.229 e. The lowest BCUT2D eigenvalue weighted by Gasteiger charge is -2.29. The van der Waals surface area contributed by atoms with Crippen LogP contribution in [0.5, 0.6) is 0 Å². The van der Waals surface area contributed by atoms with Crippen LogP contribution in [-0.2, 0) is 10.0 Å². The molecule has 2 N–H and O–H groups in total. The molecule has 1 aliphatic rings. The number of sulfonamides is 1. The van der Waals surface area contributed by atoms with Gasteiger partial charge in [-0.05, 0) is 49.9 Å². The molecule has 5 heteroatoms. The largest absolute Gasteiger partial charge is 0.382 e. The zero-order valence-corrected chi connectivity index (χ0v) is 13.0. The molecule has 1 saturated carbocycles. The van der Waals surface area contributed by atoms with Crippen LogP contribution in [0.15, 0.2) is 24.3 Å². The Morgan fingerprint density at radius 3 is 2.15 bits per heavy atom. The van der Waals surface area contributed by atoms with Gasteiger partial charge in [-0.25, -0.2) is 8.42 Å². The van der Waals surface area contributed by atoms with Crippen molar-refractivity contribution in [2.45, 2.75) is 45.1 Å². The summed E-state index contributed by atoms with van der Waals surface area (Å²) in [6, 6.07) is 7.89. The van der Waals surface area contributed by atoms with Crippen LogP contribution in [0.1, 0.15) is 39.0 Å². The van der Waals surface area contributed by atoms with Crippen molar-refractivity contribution in [2.24, 2.45) is 5.92 Å². The molecular weight excluding hydrogens is 272 g/mol. The average Bonchev–Trinajstić information content (AvgIpc) is 2.40. The molecule has 1 aromatic carbocycles. The third-order valence-corrected chi connectivity index (χ3v) is 4.55. The van der Waals surface area contributed by atoms with Crippen LogP contribution in [-0.4, -0.2) is 20.7 Å². The molecule has 2 rings (SSSR count). The zero-order valence-electron chi connectivity index (χ0n) is 12.2. The third-order valence-electron chi connectivity index (χ3n) is 3.94. The van der Waals surface area contributed by atoms with E-state index in [0.29, 0.717) is 11.7 Å². The average molecular weight is 296 g/mol. The Balaban J connectivity index is 1.92. The van der Waals surface area contributed by atoms with E-state index in [1.165, 1.54) is 32.1 Å². The molecule has 1 aliphatic carbocycles. The monoisotopic (exact) mass is 296 g/mol. The molecule has 1 fully saturated rings. The van der Waals surface area contributed by atoms with E-state index in [2.05, 4.69) is 17.0 Å². The lowest BCUT2D eigenvalue weighted by Crippen LogP contribution is -2.27. The van der Waals surface area contributed by atoms with Crippen LogP contribution in [0.2, 0.25) is 0 Å². The molecule has 0 saturated heterocycles. The van der Waals surface area contributed by atoms with Crippen LogP contribution < -0.4 is 10.0 Å². The molecule has 4 nitrogen and oxygen atoms in total. The number of anilines is 2. The van der Waals surface area contributed by atoms with Crippen molar-refractivity contribution in [3.05, 3.63) is 24.3 Å². The second kappa shape index (κ2) is 6.48. The van der Waals surface area contributed by atoms with Crippen molar-refractivity contribution in [3.63, 3.8) is 0 Å². The molecule has 1 unspecified atom stereocenters. The quantitative estimate of drug-likeness (QED) is 0.875. The first kappa shape index (κ1) is 15.2. The minimum Gasteiger partial charge on any atom is -0.382 e. The maximum absolute atomic E-state index is 11.1. The van der Waals surface area contributed by atoms with Crippen molar-refractivity contribution < 1.29 is 8.42 Å². The van der Waals surface area contributed by atoms with Gasteiger partial charge in [0.25, 0.3) is 0 Å². The van der Waals surface area contributed by atoms with Crippen molar-refractivity contribution >= 4 is 21.4 Å². The van der Waals surface area contributed by atoms with E-state index in [9.17, 15) is 8.42 Å². The summed E-state index contributed by atoms with van der Waals surface area (Å²) in [6.45, 7) is 2.23. The second-order valence-electron chi connectivity index (χ2n) is 5.78. The molecule has 0 aliphatic heterocycles. The summed E-state index contributed by atoms with van der Waals surface area (Å²) >= 11 is 0. The molecule has 1 aromatic rings. The number of benzene rings is 1. The van der Waals surface area contributed by atoms with Gasteiger partial charge >= 0.3 is 0 Å². The van der Waals surface area contributed by atoms with E-state index in [1.807, 2.05) is 12.1 Å². The van der Waals surface area contributed by atoms with Crippen molar-refractivity contribution in [2.75, 3.05) is 16.3 Å². The third kappa shape index (κ3) is 4.71. The molecule has 0 aromatic heterocycles. The maximum Gasteiger partial charge on any atom is 0.229 e. The van der Waals surface area contributed by atoms with E-state index >= 15 is 0 Å². The van der Waals surface area contributed by atoms with Crippen LogP contribution in [0, 0.1) is 5.92 Å². The van der Waals surface area contributed by atoms with Gasteiger partial charge in [-0.2, -0.15) is 0 Å². The molecule has 0 bridgehead atoms. The molecule has 0 radical (unpaired) electrons. The number of hydrogen-bond donors (Lipinski definition) is 2. The molecular formula is C15H24N2O2S. The molecule has 20 heavy (non-hydrogen) atoms. The fraction of sp³-hybridized carbons (Fsp3) is 0.600. The number of rotatable bonds is 5. The standard InChI is InChI=1S/C15H24N2O2S/c1-12(13-6-4-3-5-7-13)16-14-8-10-15(11-9-14)17-20(2,18)19/h8-13,16-17H,3-7H2,1-2H3. The number of nitrogens with one attached hydrogen (secondary N) is 2. The minimum atomic E-state index is -3.20. The summed E-state index contributed by atoms with van der Waals surface area (Å²) < 4.78 is 24.8. The van der Waals surface area contributed by atoms with Crippen LogP contribution in [0.4, 0.5) is 11.4 Å². The van der Waals surface area contributed by atoms with Gasteiger partial charge in [0.2, 0.25) is 10.0 Å².